The van der Waals surface area contributed by atoms with E-state index in [2.05, 4.69) is 16.0 Å². The molecular formula is C12H13Cl2N3O2. The van der Waals surface area contributed by atoms with E-state index in [1.54, 1.807) is 18.2 Å². The first-order valence-corrected chi connectivity index (χ1v) is 6.57. The number of rotatable bonds is 3. The van der Waals surface area contributed by atoms with Crippen LogP contribution in [0.2, 0.25) is 10.0 Å². The molecule has 1 aromatic rings. The molecule has 7 heteroatoms. The van der Waals surface area contributed by atoms with Gasteiger partial charge in [-0.15, -0.1) is 0 Å². The summed E-state index contributed by atoms with van der Waals surface area (Å²) in [6.07, 6.45) is 0.0654. The lowest BCUT2D eigenvalue weighted by Gasteiger charge is -2.22. The van der Waals surface area contributed by atoms with E-state index in [4.69, 9.17) is 23.2 Å². The Morgan fingerprint density at radius 1 is 1.26 bits per heavy atom. The molecule has 1 fully saturated rings. The van der Waals surface area contributed by atoms with Gasteiger partial charge in [0.25, 0.3) is 0 Å². The summed E-state index contributed by atoms with van der Waals surface area (Å²) in [5, 5.41) is 9.22. The van der Waals surface area contributed by atoms with Gasteiger partial charge in [-0.2, -0.15) is 0 Å². The third kappa shape index (κ3) is 4.09. The van der Waals surface area contributed by atoms with E-state index in [1.165, 1.54) is 0 Å². The number of carbonyl (C=O) groups is 2. The van der Waals surface area contributed by atoms with Crippen molar-refractivity contribution in [1.82, 2.24) is 10.6 Å². The van der Waals surface area contributed by atoms with Gasteiger partial charge in [-0.1, -0.05) is 23.2 Å². The second kappa shape index (κ2) is 6.23. The molecule has 0 aliphatic carbocycles. The van der Waals surface area contributed by atoms with Gasteiger partial charge in [-0.05, 0) is 18.2 Å². The molecule has 1 aromatic carbocycles. The summed E-state index contributed by atoms with van der Waals surface area (Å²) in [7, 11) is 0. The monoisotopic (exact) mass is 301 g/mol. The average molecular weight is 302 g/mol. The van der Waals surface area contributed by atoms with Crippen LogP contribution in [0.5, 0.6) is 0 Å². The number of carbonyl (C=O) groups excluding carboxylic acids is 2. The Labute approximate surface area is 120 Å². The Hall–Kier alpha value is -1.30. The molecule has 0 radical (unpaired) electrons. The zero-order chi connectivity index (χ0) is 13.8. The number of hydrogen-bond donors (Lipinski definition) is 3. The molecule has 1 atom stereocenters. The number of benzene rings is 1. The van der Waals surface area contributed by atoms with Crippen molar-refractivity contribution in [1.29, 1.82) is 0 Å². The Bertz CT molecular complexity index is 487. The predicted molar refractivity (Wildman–Crippen MR) is 74.5 cm³/mol. The van der Waals surface area contributed by atoms with Gasteiger partial charge in [0.15, 0.2) is 0 Å². The average Bonchev–Trinajstić information content (AvgIpc) is 2.30. The van der Waals surface area contributed by atoms with Crippen molar-refractivity contribution >= 4 is 40.7 Å². The van der Waals surface area contributed by atoms with Gasteiger partial charge in [0.2, 0.25) is 11.8 Å². The van der Waals surface area contributed by atoms with Crippen LogP contribution in [0.15, 0.2) is 18.2 Å². The molecule has 102 valence electrons. The fourth-order valence-electron chi connectivity index (χ4n) is 1.84. The highest BCUT2D eigenvalue weighted by molar-refractivity contribution is 6.35. The molecule has 1 aliphatic heterocycles. The lowest BCUT2D eigenvalue weighted by Crippen LogP contribution is -2.53. The highest BCUT2D eigenvalue weighted by Crippen LogP contribution is 2.22. The van der Waals surface area contributed by atoms with Crippen LogP contribution in [0.1, 0.15) is 6.42 Å². The molecule has 1 heterocycles. The normalized spacial score (nSPS) is 18.8. The molecule has 0 bridgehead atoms. The summed E-state index contributed by atoms with van der Waals surface area (Å²) in [5.41, 5.74) is 0.513. The zero-order valence-electron chi connectivity index (χ0n) is 10.0. The molecule has 19 heavy (non-hydrogen) atoms. The zero-order valence-corrected chi connectivity index (χ0v) is 11.5. The summed E-state index contributed by atoms with van der Waals surface area (Å²) in [6.45, 7) is 1.24. The molecule has 1 saturated heterocycles. The Balaban J connectivity index is 1.95. The van der Waals surface area contributed by atoms with Crippen LogP contribution in [0.4, 0.5) is 5.69 Å². The Morgan fingerprint density at radius 3 is 2.58 bits per heavy atom. The Kier molecular flexibility index (Phi) is 4.63. The highest BCUT2D eigenvalue weighted by atomic mass is 35.5. The van der Waals surface area contributed by atoms with Crippen LogP contribution in [-0.2, 0) is 9.59 Å². The summed E-state index contributed by atoms with van der Waals surface area (Å²) >= 11 is 11.7. The second-order valence-electron chi connectivity index (χ2n) is 4.21. The van der Waals surface area contributed by atoms with Crippen molar-refractivity contribution in [2.75, 3.05) is 18.4 Å². The van der Waals surface area contributed by atoms with Gasteiger partial charge in [0, 0.05) is 28.8 Å². The minimum Gasteiger partial charge on any atom is -0.353 e. The number of anilines is 1. The van der Waals surface area contributed by atoms with Crippen molar-refractivity contribution in [3.63, 3.8) is 0 Å². The van der Waals surface area contributed by atoms with E-state index in [0.29, 0.717) is 28.8 Å². The summed E-state index contributed by atoms with van der Waals surface area (Å²) in [6, 6.07) is 4.28. The lowest BCUT2D eigenvalue weighted by molar-refractivity contribution is -0.127. The fourth-order valence-corrected chi connectivity index (χ4v) is 2.36. The van der Waals surface area contributed by atoms with Gasteiger partial charge in [-0.25, -0.2) is 0 Å². The molecule has 1 aliphatic rings. The molecule has 0 unspecified atom stereocenters. The standard InChI is InChI=1S/C12H13Cl2N3O2/c13-7-3-8(14)5-9(4-7)17-11(18)6-10-12(19)16-2-1-15-10/h3-5,10,15H,1-2,6H2,(H,16,19)(H,17,18)/t10-/m0/s1. The van der Waals surface area contributed by atoms with Crippen molar-refractivity contribution in [2.45, 2.75) is 12.5 Å². The molecular weight excluding hydrogens is 289 g/mol. The molecule has 0 spiro atoms. The van der Waals surface area contributed by atoms with E-state index >= 15 is 0 Å². The topological polar surface area (TPSA) is 70.2 Å². The van der Waals surface area contributed by atoms with Crippen LogP contribution in [-0.4, -0.2) is 30.9 Å². The second-order valence-corrected chi connectivity index (χ2v) is 5.08. The fraction of sp³-hybridized carbons (Fsp3) is 0.333. The van der Waals surface area contributed by atoms with Crippen molar-refractivity contribution < 1.29 is 9.59 Å². The van der Waals surface area contributed by atoms with Gasteiger partial charge in [0.1, 0.15) is 0 Å². The van der Waals surface area contributed by atoms with Gasteiger partial charge >= 0.3 is 0 Å². The molecule has 0 aromatic heterocycles. The maximum absolute atomic E-state index is 11.8. The molecule has 5 nitrogen and oxygen atoms in total. The molecule has 0 saturated carbocycles. The van der Waals surface area contributed by atoms with E-state index in [0.717, 1.165) is 0 Å². The van der Waals surface area contributed by atoms with Crippen LogP contribution < -0.4 is 16.0 Å². The third-order valence-corrected chi connectivity index (χ3v) is 3.10. The first-order valence-electron chi connectivity index (χ1n) is 5.81. The van der Waals surface area contributed by atoms with E-state index < -0.39 is 6.04 Å². The van der Waals surface area contributed by atoms with E-state index in [1.807, 2.05) is 0 Å². The van der Waals surface area contributed by atoms with Gasteiger partial charge < -0.3 is 16.0 Å². The van der Waals surface area contributed by atoms with E-state index in [-0.39, 0.29) is 18.2 Å². The molecule has 2 amide bonds. The summed E-state index contributed by atoms with van der Waals surface area (Å²) < 4.78 is 0. The SMILES string of the molecule is O=C(C[C@@H]1NCCNC1=O)Nc1cc(Cl)cc(Cl)c1. The smallest absolute Gasteiger partial charge is 0.237 e. The van der Waals surface area contributed by atoms with Crippen LogP contribution in [0.25, 0.3) is 0 Å². The van der Waals surface area contributed by atoms with E-state index in [9.17, 15) is 9.59 Å². The lowest BCUT2D eigenvalue weighted by atomic mass is 10.1. The first kappa shape index (κ1) is 14.1. The number of amides is 2. The Morgan fingerprint density at radius 2 is 1.95 bits per heavy atom. The molecule has 3 N–H and O–H groups in total. The highest BCUT2D eigenvalue weighted by Gasteiger charge is 2.24. The van der Waals surface area contributed by atoms with Gasteiger partial charge in [-0.3, -0.25) is 9.59 Å². The van der Waals surface area contributed by atoms with Crippen molar-refractivity contribution in [3.05, 3.63) is 28.2 Å². The van der Waals surface area contributed by atoms with Crippen LogP contribution in [0, 0.1) is 0 Å². The van der Waals surface area contributed by atoms with Crippen LogP contribution in [0.3, 0.4) is 0 Å². The minimum atomic E-state index is -0.497. The maximum Gasteiger partial charge on any atom is 0.237 e. The van der Waals surface area contributed by atoms with Gasteiger partial charge in [0.05, 0.1) is 12.5 Å². The van der Waals surface area contributed by atoms with Crippen molar-refractivity contribution in [3.8, 4) is 0 Å². The number of nitrogens with one attached hydrogen (secondary N) is 3. The molecule has 2 rings (SSSR count). The third-order valence-electron chi connectivity index (χ3n) is 2.67. The maximum atomic E-state index is 11.8. The van der Waals surface area contributed by atoms with Crippen LogP contribution >= 0.6 is 23.2 Å². The largest absolute Gasteiger partial charge is 0.353 e. The first-order chi connectivity index (χ1) is 9.04. The number of hydrogen-bond acceptors (Lipinski definition) is 3. The predicted octanol–water partition coefficient (Wildman–Crippen LogP) is 1.41. The summed E-state index contributed by atoms with van der Waals surface area (Å²) in [5.74, 6) is -0.432. The number of halogens is 2. The minimum absolute atomic E-state index is 0.0654. The number of piperazine rings is 1. The van der Waals surface area contributed by atoms with Crippen molar-refractivity contribution in [2.24, 2.45) is 0 Å². The summed E-state index contributed by atoms with van der Waals surface area (Å²) in [4.78, 5) is 23.3. The quantitative estimate of drug-likeness (QED) is 0.790.